The fourth-order valence-corrected chi connectivity index (χ4v) is 4.14. The lowest BCUT2D eigenvalue weighted by Crippen LogP contribution is -2.52. The van der Waals surface area contributed by atoms with Crippen LogP contribution < -0.4 is 5.32 Å². The molecule has 0 aliphatic heterocycles. The standard InChI is InChI=1S/C20H22N4O3S/c1-13-16(28-18(23-13)15-8-4-7-11-22-15)19(26)27-14(2)17(25)24-20(12-21)9-5-3-6-10-20/h4,7-8,11,14H,3,5-6,9-10H2,1-2H3,(H,24,25)/t14-/m0/s1. The number of carbonyl (C=O) groups is 2. The van der Waals surface area contributed by atoms with Crippen molar-refractivity contribution >= 4 is 23.2 Å². The van der Waals surface area contributed by atoms with Crippen LogP contribution in [0.4, 0.5) is 0 Å². The molecule has 1 N–H and O–H groups in total. The Hall–Kier alpha value is -2.79. The van der Waals surface area contributed by atoms with Crippen LogP contribution >= 0.6 is 11.3 Å². The number of hydrogen-bond acceptors (Lipinski definition) is 7. The lowest BCUT2D eigenvalue weighted by Gasteiger charge is -2.32. The Morgan fingerprint density at radius 1 is 1.32 bits per heavy atom. The first-order chi connectivity index (χ1) is 13.4. The van der Waals surface area contributed by atoms with Crippen molar-refractivity contribution in [2.45, 2.75) is 57.6 Å². The minimum atomic E-state index is -1.00. The zero-order chi connectivity index (χ0) is 20.1. The summed E-state index contributed by atoms with van der Waals surface area (Å²) < 4.78 is 5.35. The lowest BCUT2D eigenvalue weighted by atomic mass is 9.83. The highest BCUT2D eigenvalue weighted by Gasteiger charge is 2.35. The molecule has 0 radical (unpaired) electrons. The van der Waals surface area contributed by atoms with Gasteiger partial charge in [-0.25, -0.2) is 9.78 Å². The smallest absolute Gasteiger partial charge is 0.351 e. The van der Waals surface area contributed by atoms with Gasteiger partial charge in [0.05, 0.1) is 17.5 Å². The van der Waals surface area contributed by atoms with Crippen LogP contribution in [-0.4, -0.2) is 33.5 Å². The number of rotatable bonds is 5. The maximum absolute atomic E-state index is 12.5. The number of nitrogens with one attached hydrogen (secondary N) is 1. The molecule has 1 atom stereocenters. The number of aromatic nitrogens is 2. The van der Waals surface area contributed by atoms with Gasteiger partial charge in [-0.1, -0.05) is 25.3 Å². The number of amides is 1. The predicted molar refractivity (Wildman–Crippen MR) is 105 cm³/mol. The van der Waals surface area contributed by atoms with E-state index in [0.29, 0.717) is 34.1 Å². The summed E-state index contributed by atoms with van der Waals surface area (Å²) in [7, 11) is 0. The molecule has 2 aromatic rings. The molecule has 1 aliphatic rings. The van der Waals surface area contributed by atoms with Crippen LogP contribution in [0.3, 0.4) is 0 Å². The number of pyridine rings is 1. The fourth-order valence-electron chi connectivity index (χ4n) is 3.21. The van der Waals surface area contributed by atoms with E-state index in [0.717, 1.165) is 19.3 Å². The van der Waals surface area contributed by atoms with Gasteiger partial charge in [-0.15, -0.1) is 11.3 Å². The van der Waals surface area contributed by atoms with Crippen LogP contribution in [-0.2, 0) is 9.53 Å². The van der Waals surface area contributed by atoms with E-state index in [2.05, 4.69) is 21.4 Å². The van der Waals surface area contributed by atoms with Gasteiger partial charge < -0.3 is 10.1 Å². The van der Waals surface area contributed by atoms with Gasteiger partial charge in [-0.2, -0.15) is 5.26 Å². The zero-order valence-corrected chi connectivity index (χ0v) is 16.7. The number of nitrogens with zero attached hydrogens (tertiary/aromatic N) is 3. The van der Waals surface area contributed by atoms with Crippen LogP contribution in [0.25, 0.3) is 10.7 Å². The van der Waals surface area contributed by atoms with E-state index in [-0.39, 0.29) is 0 Å². The number of aryl methyl sites for hydroxylation is 1. The Kier molecular flexibility index (Phi) is 6.05. The molecule has 0 unspecified atom stereocenters. The first kappa shape index (κ1) is 20.0. The van der Waals surface area contributed by atoms with Gasteiger partial charge >= 0.3 is 5.97 Å². The Morgan fingerprint density at radius 2 is 2.07 bits per heavy atom. The summed E-state index contributed by atoms with van der Waals surface area (Å²) in [6.07, 6.45) is 4.77. The second kappa shape index (κ2) is 8.48. The first-order valence-electron chi connectivity index (χ1n) is 9.27. The van der Waals surface area contributed by atoms with Crippen LogP contribution in [0.1, 0.15) is 54.4 Å². The molecule has 3 rings (SSSR count). The van der Waals surface area contributed by atoms with Crippen LogP contribution in [0.5, 0.6) is 0 Å². The molecule has 1 amide bonds. The topological polar surface area (TPSA) is 105 Å². The van der Waals surface area contributed by atoms with Crippen molar-refractivity contribution in [2.24, 2.45) is 0 Å². The maximum Gasteiger partial charge on any atom is 0.351 e. The highest BCUT2D eigenvalue weighted by Crippen LogP contribution is 2.29. The molecule has 0 aromatic carbocycles. The molecule has 2 heterocycles. The van der Waals surface area contributed by atoms with Crippen molar-refractivity contribution in [3.8, 4) is 16.8 Å². The van der Waals surface area contributed by atoms with Crippen molar-refractivity contribution in [3.63, 3.8) is 0 Å². The normalized spacial score (nSPS) is 16.6. The molecular weight excluding hydrogens is 376 g/mol. The quantitative estimate of drug-likeness (QED) is 0.774. The van der Waals surface area contributed by atoms with Crippen LogP contribution in [0, 0.1) is 18.3 Å². The minimum Gasteiger partial charge on any atom is -0.448 e. The minimum absolute atomic E-state index is 0.341. The summed E-state index contributed by atoms with van der Waals surface area (Å²) in [5.41, 5.74) is 0.348. The van der Waals surface area contributed by atoms with Crippen molar-refractivity contribution in [1.29, 1.82) is 5.26 Å². The molecule has 0 bridgehead atoms. The van der Waals surface area contributed by atoms with Gasteiger partial charge in [0.15, 0.2) is 6.10 Å². The monoisotopic (exact) mass is 398 g/mol. The third-order valence-corrected chi connectivity index (χ3v) is 5.96. The van der Waals surface area contributed by atoms with Gasteiger partial charge in [0.25, 0.3) is 5.91 Å². The van der Waals surface area contributed by atoms with E-state index in [1.165, 1.54) is 18.3 Å². The molecule has 1 saturated carbocycles. The van der Waals surface area contributed by atoms with Crippen LogP contribution in [0.15, 0.2) is 24.4 Å². The van der Waals surface area contributed by atoms with E-state index in [9.17, 15) is 14.9 Å². The van der Waals surface area contributed by atoms with Crippen molar-refractivity contribution in [1.82, 2.24) is 15.3 Å². The van der Waals surface area contributed by atoms with E-state index in [1.54, 1.807) is 19.2 Å². The van der Waals surface area contributed by atoms with Gasteiger partial charge in [0.2, 0.25) is 0 Å². The second-order valence-corrected chi connectivity index (χ2v) is 7.94. The van der Waals surface area contributed by atoms with Gasteiger partial charge in [-0.05, 0) is 38.8 Å². The largest absolute Gasteiger partial charge is 0.448 e. The molecule has 1 fully saturated rings. The highest BCUT2D eigenvalue weighted by atomic mass is 32.1. The van der Waals surface area contributed by atoms with E-state index in [4.69, 9.17) is 4.74 Å². The third kappa shape index (κ3) is 4.37. The Labute approximate surface area is 167 Å². The average Bonchev–Trinajstić information content (AvgIpc) is 3.11. The molecule has 146 valence electrons. The number of ether oxygens (including phenoxy) is 1. The number of esters is 1. The lowest BCUT2D eigenvalue weighted by molar-refractivity contribution is -0.130. The second-order valence-electron chi connectivity index (χ2n) is 6.94. The number of nitriles is 1. The molecule has 28 heavy (non-hydrogen) atoms. The molecule has 7 nitrogen and oxygen atoms in total. The summed E-state index contributed by atoms with van der Waals surface area (Å²) in [4.78, 5) is 34.0. The zero-order valence-electron chi connectivity index (χ0n) is 15.9. The average molecular weight is 398 g/mol. The molecular formula is C20H22N4O3S. The number of thiazole rings is 1. The van der Waals surface area contributed by atoms with Gasteiger partial charge in [0, 0.05) is 6.20 Å². The predicted octanol–water partition coefficient (Wildman–Crippen LogP) is 3.40. The summed E-state index contributed by atoms with van der Waals surface area (Å²) in [6.45, 7) is 3.23. The SMILES string of the molecule is Cc1nc(-c2ccccn2)sc1C(=O)O[C@@H](C)C(=O)NC1(C#N)CCCCC1. The van der Waals surface area contributed by atoms with E-state index >= 15 is 0 Å². The summed E-state index contributed by atoms with van der Waals surface area (Å²) >= 11 is 1.18. The first-order valence-corrected chi connectivity index (χ1v) is 10.1. The maximum atomic E-state index is 12.5. The Balaban J connectivity index is 1.66. The third-order valence-electron chi connectivity index (χ3n) is 4.80. The molecule has 8 heteroatoms. The van der Waals surface area contributed by atoms with E-state index < -0.39 is 23.5 Å². The Morgan fingerprint density at radius 3 is 2.71 bits per heavy atom. The molecule has 0 saturated heterocycles. The van der Waals surface area contributed by atoms with Crippen molar-refractivity contribution < 1.29 is 14.3 Å². The summed E-state index contributed by atoms with van der Waals surface area (Å²) in [5.74, 6) is -1.06. The van der Waals surface area contributed by atoms with Crippen molar-refractivity contribution in [2.75, 3.05) is 0 Å². The number of carbonyl (C=O) groups excluding carboxylic acids is 2. The van der Waals surface area contributed by atoms with Gasteiger partial charge in [0.1, 0.15) is 15.4 Å². The molecule has 2 aromatic heterocycles. The summed E-state index contributed by atoms with van der Waals surface area (Å²) in [6, 6.07) is 7.70. The Bertz CT molecular complexity index is 898. The summed E-state index contributed by atoms with van der Waals surface area (Å²) in [5, 5.41) is 12.9. The molecule has 1 aliphatic carbocycles. The molecule has 0 spiro atoms. The number of hydrogen-bond donors (Lipinski definition) is 1. The highest BCUT2D eigenvalue weighted by molar-refractivity contribution is 7.17. The van der Waals surface area contributed by atoms with Crippen molar-refractivity contribution in [3.05, 3.63) is 35.0 Å². The van der Waals surface area contributed by atoms with E-state index in [1.807, 2.05) is 12.1 Å². The van der Waals surface area contributed by atoms with Gasteiger partial charge in [-0.3, -0.25) is 9.78 Å². The fraction of sp³-hybridized carbons (Fsp3) is 0.450. The van der Waals surface area contributed by atoms with Crippen LogP contribution in [0.2, 0.25) is 0 Å².